The van der Waals surface area contributed by atoms with E-state index < -0.39 is 39.9 Å². The Bertz CT molecular complexity index is 520. The van der Waals surface area contributed by atoms with Crippen molar-refractivity contribution in [2.24, 2.45) is 11.7 Å². The SMILES string of the molecule is CC(C)C(N)C(=O)Nc1cc([N+](=O)[O-])c(F)cc1F. The third-order valence-corrected chi connectivity index (χ3v) is 2.51. The van der Waals surface area contributed by atoms with Gasteiger partial charge in [0.1, 0.15) is 5.82 Å². The summed E-state index contributed by atoms with van der Waals surface area (Å²) in [6.45, 7) is 3.38. The summed E-state index contributed by atoms with van der Waals surface area (Å²) in [5, 5.41) is 12.6. The molecule has 8 heteroatoms. The number of nitrogens with two attached hydrogens (primary N) is 1. The maximum atomic E-state index is 13.4. The highest BCUT2D eigenvalue weighted by molar-refractivity contribution is 5.95. The van der Waals surface area contributed by atoms with Gasteiger partial charge in [-0.2, -0.15) is 4.39 Å². The van der Waals surface area contributed by atoms with Crippen LogP contribution in [0.5, 0.6) is 0 Å². The van der Waals surface area contributed by atoms with Crippen LogP contribution in [0.15, 0.2) is 12.1 Å². The van der Waals surface area contributed by atoms with E-state index in [0.717, 1.165) is 0 Å². The maximum absolute atomic E-state index is 13.4. The zero-order valence-electron chi connectivity index (χ0n) is 10.3. The number of amides is 1. The van der Waals surface area contributed by atoms with Crippen molar-refractivity contribution in [2.75, 3.05) is 5.32 Å². The average molecular weight is 273 g/mol. The first-order chi connectivity index (χ1) is 8.73. The van der Waals surface area contributed by atoms with Gasteiger partial charge in [-0.1, -0.05) is 13.8 Å². The van der Waals surface area contributed by atoms with E-state index in [9.17, 15) is 23.7 Å². The summed E-state index contributed by atoms with van der Waals surface area (Å²) < 4.78 is 26.5. The zero-order chi connectivity index (χ0) is 14.7. The standard InChI is InChI=1S/C11H13F2N3O3/c1-5(2)10(14)11(17)15-8-4-9(16(18)19)7(13)3-6(8)12/h3-5,10H,14H2,1-2H3,(H,15,17). The fraction of sp³-hybridized carbons (Fsp3) is 0.364. The molecule has 0 aliphatic rings. The highest BCUT2D eigenvalue weighted by Gasteiger charge is 2.22. The van der Waals surface area contributed by atoms with E-state index in [0.29, 0.717) is 12.1 Å². The summed E-state index contributed by atoms with van der Waals surface area (Å²) in [4.78, 5) is 21.1. The Morgan fingerprint density at radius 2 is 1.95 bits per heavy atom. The van der Waals surface area contributed by atoms with Crippen molar-refractivity contribution in [3.63, 3.8) is 0 Å². The maximum Gasteiger partial charge on any atom is 0.307 e. The van der Waals surface area contributed by atoms with E-state index in [1.54, 1.807) is 13.8 Å². The molecule has 0 saturated heterocycles. The van der Waals surface area contributed by atoms with Crippen LogP contribution in [0.25, 0.3) is 0 Å². The van der Waals surface area contributed by atoms with E-state index in [1.807, 2.05) is 0 Å². The van der Waals surface area contributed by atoms with Crippen LogP contribution in [0.1, 0.15) is 13.8 Å². The first-order valence-corrected chi connectivity index (χ1v) is 5.44. The van der Waals surface area contributed by atoms with E-state index in [4.69, 9.17) is 5.73 Å². The van der Waals surface area contributed by atoms with Gasteiger partial charge >= 0.3 is 5.69 Å². The van der Waals surface area contributed by atoms with Gasteiger partial charge in [-0.25, -0.2) is 4.39 Å². The molecule has 0 spiro atoms. The number of carbonyl (C=O) groups excluding carboxylic acids is 1. The number of hydrogen-bond acceptors (Lipinski definition) is 4. The lowest BCUT2D eigenvalue weighted by molar-refractivity contribution is -0.387. The molecule has 1 unspecified atom stereocenters. The Morgan fingerprint density at radius 3 is 2.42 bits per heavy atom. The molecule has 1 rings (SSSR count). The van der Waals surface area contributed by atoms with Crippen LogP contribution in [0.4, 0.5) is 20.2 Å². The Labute approximate surface area is 107 Å². The Balaban J connectivity index is 3.05. The Hall–Kier alpha value is -2.09. The molecule has 0 heterocycles. The minimum atomic E-state index is -1.31. The number of benzene rings is 1. The van der Waals surface area contributed by atoms with Crippen LogP contribution in [0, 0.1) is 27.7 Å². The molecule has 0 bridgehead atoms. The number of nitrogens with one attached hydrogen (secondary N) is 1. The van der Waals surface area contributed by atoms with Crippen LogP contribution in [-0.4, -0.2) is 16.9 Å². The second-order valence-electron chi connectivity index (χ2n) is 4.30. The zero-order valence-corrected chi connectivity index (χ0v) is 10.3. The second-order valence-corrected chi connectivity index (χ2v) is 4.30. The molecule has 1 amide bonds. The van der Waals surface area contributed by atoms with E-state index >= 15 is 0 Å². The third-order valence-electron chi connectivity index (χ3n) is 2.51. The van der Waals surface area contributed by atoms with Crippen LogP contribution in [-0.2, 0) is 4.79 Å². The predicted octanol–water partition coefficient (Wildman–Crippen LogP) is 1.79. The lowest BCUT2D eigenvalue weighted by Gasteiger charge is -2.15. The monoisotopic (exact) mass is 273 g/mol. The van der Waals surface area contributed by atoms with Crippen molar-refractivity contribution in [3.05, 3.63) is 33.9 Å². The highest BCUT2D eigenvalue weighted by Crippen LogP contribution is 2.25. The van der Waals surface area contributed by atoms with E-state index in [2.05, 4.69) is 5.32 Å². The quantitative estimate of drug-likeness (QED) is 0.645. The van der Waals surface area contributed by atoms with Gasteiger partial charge < -0.3 is 11.1 Å². The van der Waals surface area contributed by atoms with Crippen LogP contribution >= 0.6 is 0 Å². The topological polar surface area (TPSA) is 98.3 Å². The Morgan fingerprint density at radius 1 is 1.37 bits per heavy atom. The van der Waals surface area contributed by atoms with Crippen LogP contribution in [0.2, 0.25) is 0 Å². The molecule has 0 radical (unpaired) electrons. The van der Waals surface area contributed by atoms with Crippen molar-refractivity contribution in [1.29, 1.82) is 0 Å². The molecule has 104 valence electrons. The van der Waals surface area contributed by atoms with Gasteiger partial charge in [0.2, 0.25) is 11.7 Å². The van der Waals surface area contributed by atoms with Gasteiger partial charge in [-0.05, 0) is 5.92 Å². The lowest BCUT2D eigenvalue weighted by atomic mass is 10.0. The first-order valence-electron chi connectivity index (χ1n) is 5.44. The molecule has 1 aromatic rings. The number of nitro groups is 1. The number of halogens is 2. The molecule has 0 aliphatic heterocycles. The molecule has 0 fully saturated rings. The minimum Gasteiger partial charge on any atom is -0.322 e. The molecule has 0 aliphatic carbocycles. The summed E-state index contributed by atoms with van der Waals surface area (Å²) in [6.07, 6.45) is 0. The summed E-state index contributed by atoms with van der Waals surface area (Å²) in [5.41, 5.74) is 4.14. The van der Waals surface area contributed by atoms with Crippen molar-refractivity contribution in [1.82, 2.24) is 0 Å². The fourth-order valence-electron chi connectivity index (χ4n) is 1.29. The summed E-state index contributed by atoms with van der Waals surface area (Å²) in [7, 11) is 0. The predicted molar refractivity (Wildman–Crippen MR) is 64.5 cm³/mol. The summed E-state index contributed by atoms with van der Waals surface area (Å²) >= 11 is 0. The second kappa shape index (κ2) is 5.70. The van der Waals surface area contributed by atoms with E-state index in [1.165, 1.54) is 0 Å². The number of rotatable bonds is 4. The molecule has 6 nitrogen and oxygen atoms in total. The van der Waals surface area contributed by atoms with Gasteiger partial charge in [0.25, 0.3) is 0 Å². The van der Waals surface area contributed by atoms with Gasteiger partial charge in [0.15, 0.2) is 0 Å². The first kappa shape index (κ1) is 15.0. The van der Waals surface area contributed by atoms with Crippen molar-refractivity contribution >= 4 is 17.3 Å². The van der Waals surface area contributed by atoms with Crippen LogP contribution < -0.4 is 11.1 Å². The van der Waals surface area contributed by atoms with Crippen molar-refractivity contribution in [3.8, 4) is 0 Å². The molecular formula is C11H13F2N3O3. The number of nitro benzene ring substituents is 1. The number of hydrogen-bond donors (Lipinski definition) is 2. The number of carbonyl (C=O) groups is 1. The van der Waals surface area contributed by atoms with Crippen molar-refractivity contribution in [2.45, 2.75) is 19.9 Å². The third kappa shape index (κ3) is 3.44. The fourth-order valence-corrected chi connectivity index (χ4v) is 1.29. The van der Waals surface area contributed by atoms with Gasteiger partial charge in [0.05, 0.1) is 16.7 Å². The Kier molecular flexibility index (Phi) is 4.49. The highest BCUT2D eigenvalue weighted by atomic mass is 19.1. The smallest absolute Gasteiger partial charge is 0.307 e. The molecule has 0 aromatic heterocycles. The van der Waals surface area contributed by atoms with Crippen LogP contribution in [0.3, 0.4) is 0 Å². The van der Waals surface area contributed by atoms with Gasteiger partial charge in [-0.3, -0.25) is 14.9 Å². The average Bonchev–Trinajstić information content (AvgIpc) is 2.30. The normalized spacial score (nSPS) is 12.3. The van der Waals surface area contributed by atoms with Gasteiger partial charge in [0, 0.05) is 12.1 Å². The molecule has 0 saturated carbocycles. The summed E-state index contributed by atoms with van der Waals surface area (Å²) in [5.74, 6) is -3.31. The molecule has 1 aromatic carbocycles. The molecule has 1 atom stereocenters. The lowest BCUT2D eigenvalue weighted by Crippen LogP contribution is -2.39. The number of nitrogens with zero attached hydrogens (tertiary/aromatic N) is 1. The minimum absolute atomic E-state index is 0.196. The largest absolute Gasteiger partial charge is 0.322 e. The molecule has 19 heavy (non-hydrogen) atoms. The molecular weight excluding hydrogens is 260 g/mol. The van der Waals surface area contributed by atoms with E-state index in [-0.39, 0.29) is 5.92 Å². The van der Waals surface area contributed by atoms with Gasteiger partial charge in [-0.15, -0.1) is 0 Å². The summed E-state index contributed by atoms with van der Waals surface area (Å²) in [6, 6.07) is 0.0630. The number of anilines is 1. The molecule has 3 N–H and O–H groups in total. The van der Waals surface area contributed by atoms with Crippen molar-refractivity contribution < 1.29 is 18.5 Å².